The molecule has 138 valence electrons. The summed E-state index contributed by atoms with van der Waals surface area (Å²) >= 11 is 1.37. The maximum Gasteiger partial charge on any atom is 0.358 e. The number of rotatable bonds is 6. The third-order valence-corrected chi connectivity index (χ3v) is 4.91. The van der Waals surface area contributed by atoms with E-state index in [0.717, 1.165) is 16.3 Å². The lowest BCUT2D eigenvalue weighted by Gasteiger charge is -2.24. The van der Waals surface area contributed by atoms with E-state index in [2.05, 4.69) is 4.98 Å². The van der Waals surface area contributed by atoms with Gasteiger partial charge >= 0.3 is 5.97 Å². The van der Waals surface area contributed by atoms with Gasteiger partial charge in [0, 0.05) is 23.2 Å². The highest BCUT2D eigenvalue weighted by Gasteiger charge is 2.25. The molecule has 1 atom stereocenters. The number of ether oxygens (including phenoxy) is 1. The first-order valence-electron chi connectivity index (χ1n) is 8.68. The zero-order valence-electron chi connectivity index (χ0n) is 15.2. The summed E-state index contributed by atoms with van der Waals surface area (Å²) in [6, 6.07) is 18.9. The first-order chi connectivity index (χ1) is 13.1. The molecule has 1 amide bonds. The fourth-order valence-corrected chi connectivity index (χ4v) is 3.44. The second kappa shape index (κ2) is 8.60. The monoisotopic (exact) mass is 380 g/mol. The Kier molecular flexibility index (Phi) is 5.98. The van der Waals surface area contributed by atoms with Crippen LogP contribution in [0.4, 0.5) is 5.69 Å². The van der Waals surface area contributed by atoms with Gasteiger partial charge in [0.15, 0.2) is 11.8 Å². The molecular formula is C21H20N2O3S. The molecule has 5 nitrogen and oxygen atoms in total. The van der Waals surface area contributed by atoms with E-state index in [1.807, 2.05) is 67.6 Å². The topological polar surface area (TPSA) is 59.5 Å². The number of aromatic nitrogens is 1. The van der Waals surface area contributed by atoms with Crippen molar-refractivity contribution in [2.75, 3.05) is 11.4 Å². The number of likely N-dealkylation sites (N-methyl/N-ethyl adjacent to an activating group) is 1. The number of carbonyl (C=O) groups is 2. The van der Waals surface area contributed by atoms with Gasteiger partial charge in [0.1, 0.15) is 5.01 Å². The number of esters is 1. The average Bonchev–Trinajstić information content (AvgIpc) is 3.20. The molecule has 2 aromatic carbocycles. The first kappa shape index (κ1) is 18.8. The molecule has 0 spiro atoms. The molecule has 3 rings (SSSR count). The van der Waals surface area contributed by atoms with Crippen molar-refractivity contribution < 1.29 is 14.3 Å². The Balaban J connectivity index is 1.68. The molecule has 3 aromatic rings. The van der Waals surface area contributed by atoms with Crippen LogP contribution in [0.3, 0.4) is 0 Å². The largest absolute Gasteiger partial charge is 0.448 e. The third kappa shape index (κ3) is 4.41. The van der Waals surface area contributed by atoms with E-state index in [0.29, 0.717) is 6.54 Å². The van der Waals surface area contributed by atoms with Crippen LogP contribution >= 0.6 is 11.3 Å². The molecule has 0 aliphatic carbocycles. The number of benzene rings is 2. The number of hydrogen-bond acceptors (Lipinski definition) is 5. The molecule has 0 fully saturated rings. The Bertz CT molecular complexity index is 909. The van der Waals surface area contributed by atoms with Gasteiger partial charge in [0.05, 0.1) is 0 Å². The van der Waals surface area contributed by atoms with Crippen molar-refractivity contribution in [3.8, 4) is 10.6 Å². The maximum absolute atomic E-state index is 12.7. The molecule has 0 aliphatic heterocycles. The molecule has 0 unspecified atom stereocenters. The van der Waals surface area contributed by atoms with Gasteiger partial charge in [-0.25, -0.2) is 9.78 Å². The summed E-state index contributed by atoms with van der Waals surface area (Å²) in [5, 5.41) is 2.39. The minimum Gasteiger partial charge on any atom is -0.448 e. The van der Waals surface area contributed by atoms with Gasteiger partial charge in [-0.15, -0.1) is 11.3 Å². The van der Waals surface area contributed by atoms with E-state index in [4.69, 9.17) is 4.74 Å². The van der Waals surface area contributed by atoms with Gasteiger partial charge in [-0.3, -0.25) is 4.79 Å². The lowest BCUT2D eigenvalue weighted by atomic mass is 10.2. The standard InChI is InChI=1S/C21H20N2O3S/c1-3-23(17-12-8-5-9-13-17)20(24)15(2)26-21(25)18-14-27-19(22-18)16-10-6-4-7-11-16/h4-15H,3H2,1-2H3/t15-/m1/s1. The molecule has 1 heterocycles. The Morgan fingerprint density at radius 2 is 1.70 bits per heavy atom. The van der Waals surface area contributed by atoms with Gasteiger partial charge in [0.25, 0.3) is 5.91 Å². The predicted octanol–water partition coefficient (Wildman–Crippen LogP) is 4.41. The van der Waals surface area contributed by atoms with Crippen molar-refractivity contribution in [3.05, 3.63) is 71.7 Å². The van der Waals surface area contributed by atoms with E-state index >= 15 is 0 Å². The minimum absolute atomic E-state index is 0.210. The number of hydrogen-bond donors (Lipinski definition) is 0. The molecule has 27 heavy (non-hydrogen) atoms. The number of thiazole rings is 1. The highest BCUT2D eigenvalue weighted by atomic mass is 32.1. The van der Waals surface area contributed by atoms with E-state index in [9.17, 15) is 9.59 Å². The number of carbonyl (C=O) groups excluding carboxylic acids is 2. The van der Waals surface area contributed by atoms with E-state index < -0.39 is 12.1 Å². The van der Waals surface area contributed by atoms with Gasteiger partial charge < -0.3 is 9.64 Å². The van der Waals surface area contributed by atoms with E-state index in [1.54, 1.807) is 17.2 Å². The molecule has 0 saturated heterocycles. The normalized spacial score (nSPS) is 11.6. The Hall–Kier alpha value is -2.99. The van der Waals surface area contributed by atoms with Crippen LogP contribution in [0.1, 0.15) is 24.3 Å². The van der Waals surface area contributed by atoms with Crippen molar-refractivity contribution in [2.45, 2.75) is 20.0 Å². The zero-order valence-corrected chi connectivity index (χ0v) is 16.0. The first-order valence-corrected chi connectivity index (χ1v) is 9.56. The Labute approximate surface area is 162 Å². The predicted molar refractivity (Wildman–Crippen MR) is 107 cm³/mol. The van der Waals surface area contributed by atoms with Gasteiger partial charge in [0.2, 0.25) is 0 Å². The number of amides is 1. The second-order valence-corrected chi connectivity index (χ2v) is 6.73. The van der Waals surface area contributed by atoms with Crippen molar-refractivity contribution in [1.29, 1.82) is 0 Å². The Morgan fingerprint density at radius 1 is 1.07 bits per heavy atom. The molecule has 0 saturated carbocycles. The fraction of sp³-hybridized carbons (Fsp3) is 0.190. The molecule has 0 aliphatic rings. The van der Waals surface area contributed by atoms with Crippen molar-refractivity contribution in [1.82, 2.24) is 4.98 Å². The summed E-state index contributed by atoms with van der Waals surface area (Å²) in [6.07, 6.45) is -0.903. The molecule has 1 aromatic heterocycles. The summed E-state index contributed by atoms with van der Waals surface area (Å²) in [6.45, 7) is 3.95. The van der Waals surface area contributed by atoms with Gasteiger partial charge in [-0.05, 0) is 26.0 Å². The van der Waals surface area contributed by atoms with Crippen LogP contribution in [0.15, 0.2) is 66.0 Å². The summed E-state index contributed by atoms with van der Waals surface area (Å²) in [4.78, 5) is 31.0. The highest BCUT2D eigenvalue weighted by molar-refractivity contribution is 7.13. The van der Waals surface area contributed by atoms with Crippen molar-refractivity contribution >= 4 is 28.9 Å². The van der Waals surface area contributed by atoms with Gasteiger partial charge in [-0.1, -0.05) is 48.5 Å². The van der Waals surface area contributed by atoms with E-state index in [-0.39, 0.29) is 11.6 Å². The van der Waals surface area contributed by atoms with Crippen LogP contribution in [-0.2, 0) is 9.53 Å². The van der Waals surface area contributed by atoms with Crippen molar-refractivity contribution in [2.24, 2.45) is 0 Å². The van der Waals surface area contributed by atoms with Gasteiger partial charge in [-0.2, -0.15) is 0 Å². The molecule has 0 radical (unpaired) electrons. The van der Waals surface area contributed by atoms with Crippen LogP contribution < -0.4 is 4.90 Å². The third-order valence-electron chi connectivity index (χ3n) is 4.02. The zero-order chi connectivity index (χ0) is 19.2. The molecular weight excluding hydrogens is 360 g/mol. The smallest absolute Gasteiger partial charge is 0.358 e. The van der Waals surface area contributed by atoms with Crippen LogP contribution in [0.25, 0.3) is 10.6 Å². The van der Waals surface area contributed by atoms with Crippen LogP contribution in [0.5, 0.6) is 0 Å². The molecule has 6 heteroatoms. The lowest BCUT2D eigenvalue weighted by molar-refractivity contribution is -0.126. The quantitative estimate of drug-likeness (QED) is 0.595. The second-order valence-electron chi connectivity index (χ2n) is 5.87. The summed E-state index contributed by atoms with van der Waals surface area (Å²) < 4.78 is 5.37. The average molecular weight is 380 g/mol. The van der Waals surface area contributed by atoms with Crippen LogP contribution in [0.2, 0.25) is 0 Å². The minimum atomic E-state index is -0.903. The van der Waals surface area contributed by atoms with E-state index in [1.165, 1.54) is 11.3 Å². The SMILES string of the molecule is CCN(C(=O)[C@@H](C)OC(=O)c1csc(-c2ccccc2)n1)c1ccccc1. The summed E-state index contributed by atoms with van der Waals surface area (Å²) in [5.41, 5.74) is 1.92. The summed E-state index contributed by atoms with van der Waals surface area (Å²) in [5.74, 6) is -0.867. The molecule has 0 N–H and O–H groups in total. The maximum atomic E-state index is 12.7. The fourth-order valence-electron chi connectivity index (χ4n) is 2.65. The van der Waals surface area contributed by atoms with Crippen LogP contribution in [-0.4, -0.2) is 29.5 Å². The van der Waals surface area contributed by atoms with Crippen LogP contribution in [0, 0.1) is 0 Å². The lowest BCUT2D eigenvalue weighted by Crippen LogP contribution is -2.40. The highest BCUT2D eigenvalue weighted by Crippen LogP contribution is 2.24. The molecule has 0 bridgehead atoms. The number of anilines is 1. The summed E-state index contributed by atoms with van der Waals surface area (Å²) in [7, 11) is 0. The number of nitrogens with zero attached hydrogens (tertiary/aromatic N) is 2. The Morgan fingerprint density at radius 3 is 2.33 bits per heavy atom. The number of para-hydroxylation sites is 1. The van der Waals surface area contributed by atoms with Crippen molar-refractivity contribution in [3.63, 3.8) is 0 Å².